The number of benzene rings is 3. The third-order valence-corrected chi connectivity index (χ3v) is 11.8. The van der Waals surface area contributed by atoms with Crippen LogP contribution < -0.4 is 37.6 Å². The minimum Gasteiger partial charge on any atom is -0.478 e. The van der Waals surface area contributed by atoms with Gasteiger partial charge in [-0.1, -0.05) is 104 Å². The summed E-state index contributed by atoms with van der Waals surface area (Å²) in [5.74, 6) is -8.32. The van der Waals surface area contributed by atoms with Crippen molar-refractivity contribution in [1.82, 2.24) is 31.5 Å². The number of aromatic carboxylic acids is 1. The summed E-state index contributed by atoms with van der Waals surface area (Å²) >= 11 is 12.3. The molecule has 1 aliphatic carbocycles. The number of halogens is 2. The van der Waals surface area contributed by atoms with E-state index < -0.39 is 101 Å². The highest BCUT2D eigenvalue weighted by Gasteiger charge is 2.45. The molecule has 1 heterocycles. The highest BCUT2D eigenvalue weighted by Crippen LogP contribution is 2.31. The van der Waals surface area contributed by atoms with Crippen molar-refractivity contribution in [1.29, 1.82) is 0 Å². The number of carbonyl (C=O) groups excluding carboxylic acids is 8. The number of nitrogens with zero attached hydrogens (tertiary/aromatic N) is 1. The van der Waals surface area contributed by atoms with Crippen molar-refractivity contribution in [3.05, 3.63) is 99.5 Å². The maximum atomic E-state index is 14.8. The number of primary amides is 1. The first-order chi connectivity index (χ1) is 30.6. The van der Waals surface area contributed by atoms with Crippen LogP contribution in [0.25, 0.3) is 0 Å². The Morgan fingerprint density at radius 1 is 0.828 bits per heavy atom. The number of ketones is 1. The summed E-state index contributed by atoms with van der Waals surface area (Å²) in [5, 5.41) is 25.1. The molecule has 0 radical (unpaired) electrons. The number of nitrogens with two attached hydrogens (primary N) is 1. The van der Waals surface area contributed by atoms with Crippen molar-refractivity contribution in [3.63, 3.8) is 0 Å². The van der Waals surface area contributed by atoms with Crippen LogP contribution >= 0.6 is 23.2 Å². The van der Waals surface area contributed by atoms with Crippen molar-refractivity contribution in [2.45, 2.75) is 88.5 Å². The molecule has 1 aliphatic heterocycles. The van der Waals surface area contributed by atoms with E-state index in [1.807, 2.05) is 0 Å². The molecule has 64 heavy (non-hydrogen) atoms. The summed E-state index contributed by atoms with van der Waals surface area (Å²) in [7, 11) is 0. The van der Waals surface area contributed by atoms with Crippen molar-refractivity contribution in [3.8, 4) is 0 Å². The van der Waals surface area contributed by atoms with Crippen LogP contribution in [0, 0.1) is 5.92 Å². The molecular formula is C44H50Cl2N8O10. The fourth-order valence-electron chi connectivity index (χ4n) is 7.87. The molecule has 0 aromatic heterocycles. The van der Waals surface area contributed by atoms with Gasteiger partial charge in [0.25, 0.3) is 11.8 Å². The summed E-state index contributed by atoms with van der Waals surface area (Å²) in [4.78, 5) is 121. The van der Waals surface area contributed by atoms with Crippen LogP contribution in [0.4, 0.5) is 10.5 Å². The zero-order valence-corrected chi connectivity index (χ0v) is 36.4. The monoisotopic (exact) mass is 920 g/mol. The zero-order chi connectivity index (χ0) is 46.5. The van der Waals surface area contributed by atoms with E-state index in [9.17, 15) is 48.3 Å². The second kappa shape index (κ2) is 22.7. The minimum absolute atomic E-state index is 0.0138. The number of hydrogen-bond donors (Lipinski definition) is 8. The largest absolute Gasteiger partial charge is 0.478 e. The predicted octanol–water partition coefficient (Wildman–Crippen LogP) is 3.47. The summed E-state index contributed by atoms with van der Waals surface area (Å²) in [6.07, 6.45) is 3.55. The van der Waals surface area contributed by atoms with Crippen molar-refractivity contribution in [2.24, 2.45) is 11.7 Å². The third-order valence-electron chi connectivity index (χ3n) is 11.0. The van der Waals surface area contributed by atoms with Crippen molar-refractivity contribution >= 4 is 82.1 Å². The number of carboxylic acid groups (broad SMARTS) is 1. The van der Waals surface area contributed by atoms with Gasteiger partial charge in [0.1, 0.15) is 18.1 Å². The highest BCUT2D eigenvalue weighted by molar-refractivity contribution is 6.42. The highest BCUT2D eigenvalue weighted by atomic mass is 35.5. The molecule has 1 saturated heterocycles. The van der Waals surface area contributed by atoms with Crippen molar-refractivity contribution in [2.75, 3.05) is 18.4 Å². The number of likely N-dealkylation sites (tertiary alicyclic amines) is 1. The van der Waals surface area contributed by atoms with E-state index >= 15 is 0 Å². The van der Waals surface area contributed by atoms with E-state index in [-0.39, 0.29) is 35.0 Å². The van der Waals surface area contributed by atoms with E-state index in [2.05, 4.69) is 31.9 Å². The Labute approximate surface area is 378 Å². The lowest BCUT2D eigenvalue weighted by Crippen LogP contribution is -2.58. The van der Waals surface area contributed by atoms with Crippen LogP contribution in [-0.2, 0) is 28.8 Å². The molecule has 5 rings (SSSR count). The maximum absolute atomic E-state index is 14.8. The average molecular weight is 922 g/mol. The number of urea groups is 1. The van der Waals surface area contributed by atoms with Gasteiger partial charge in [-0.05, 0) is 61.4 Å². The Hall–Kier alpha value is -6.53. The van der Waals surface area contributed by atoms with Gasteiger partial charge in [-0.15, -0.1) is 0 Å². The molecule has 8 amide bonds. The molecule has 5 atom stereocenters. The normalized spacial score (nSPS) is 17.5. The quantitative estimate of drug-likeness (QED) is 0.0861. The van der Waals surface area contributed by atoms with E-state index in [1.54, 1.807) is 67.6 Å². The fourth-order valence-corrected chi connectivity index (χ4v) is 8.20. The standard InChI is InChI=1S/C44H50Cl2N8O10/c1-2-12-32(37(56)41(60)48-22-34(55)52-35(38(47)57)24-13-6-3-7-14-24)51-40(59)33-19-27(50-44(64)49-26-17-10-5-11-18-26)23-54(33)42(61)36(25-15-8-4-9-16-25)53-39(58)28-20-30(45)31(46)21-29(28)43(62)63/h3,5-7,10-11,13-14,17-18,20-21,25,27,32-33,35-36H,2,4,8-9,12,15-16,19,22-23H2,1H3,(H2,47,57)(H,48,60)(H,51,59)(H,52,55)(H,53,58)(H,62,63)(H2,49,50,64)/t27-,32?,33+,35+,36+/m1/s1. The molecule has 9 N–H and O–H groups in total. The first-order valence-corrected chi connectivity index (χ1v) is 21.6. The molecule has 2 fully saturated rings. The van der Waals surface area contributed by atoms with Crippen molar-refractivity contribution < 1.29 is 48.3 Å². The Kier molecular flexibility index (Phi) is 17.2. The third kappa shape index (κ3) is 12.8. The molecule has 20 heteroatoms. The predicted molar refractivity (Wildman–Crippen MR) is 235 cm³/mol. The number of hydrogen-bond acceptors (Lipinski definition) is 9. The smallest absolute Gasteiger partial charge is 0.336 e. The molecule has 18 nitrogen and oxygen atoms in total. The van der Waals surface area contributed by atoms with Gasteiger partial charge in [-0.3, -0.25) is 33.6 Å². The fraction of sp³-hybridized carbons (Fsp3) is 0.386. The number of anilines is 1. The van der Waals surface area contributed by atoms with E-state index in [1.165, 1.54) is 4.90 Å². The summed E-state index contributed by atoms with van der Waals surface area (Å²) in [6.45, 7) is 0.799. The minimum atomic E-state index is -1.46. The summed E-state index contributed by atoms with van der Waals surface area (Å²) in [6, 6.07) is 12.1. The molecule has 2 aliphatic rings. The molecule has 0 spiro atoms. The number of carboxylic acids is 1. The van der Waals surface area contributed by atoms with Gasteiger partial charge in [-0.25, -0.2) is 9.59 Å². The zero-order valence-electron chi connectivity index (χ0n) is 34.9. The Balaban J connectivity index is 1.37. The van der Waals surface area contributed by atoms with Crippen LogP contribution in [0.1, 0.15) is 90.6 Å². The van der Waals surface area contributed by atoms with E-state index in [0.717, 1.165) is 31.4 Å². The lowest BCUT2D eigenvalue weighted by atomic mass is 9.83. The second-order valence-electron chi connectivity index (χ2n) is 15.6. The second-order valence-corrected chi connectivity index (χ2v) is 16.4. The van der Waals surface area contributed by atoms with Gasteiger partial charge in [-0.2, -0.15) is 0 Å². The number of carbonyl (C=O) groups is 9. The molecule has 1 unspecified atom stereocenters. The summed E-state index contributed by atoms with van der Waals surface area (Å²) in [5.41, 5.74) is 5.56. The Bertz CT molecular complexity index is 2240. The number of Topliss-reactive ketones (excluding diaryl/α,β-unsaturated/α-hetero) is 1. The van der Waals surface area contributed by atoms with Gasteiger partial charge < -0.3 is 47.6 Å². The number of para-hydroxylation sites is 1. The van der Waals surface area contributed by atoms with Crippen LogP contribution in [-0.4, -0.2) is 100 Å². The molecule has 3 aromatic rings. The van der Waals surface area contributed by atoms with Gasteiger partial charge in [0.15, 0.2) is 0 Å². The average Bonchev–Trinajstić information content (AvgIpc) is 3.70. The number of rotatable bonds is 18. The van der Waals surface area contributed by atoms with Gasteiger partial charge in [0.2, 0.25) is 29.4 Å². The maximum Gasteiger partial charge on any atom is 0.336 e. The Morgan fingerprint density at radius 3 is 2.06 bits per heavy atom. The molecule has 1 saturated carbocycles. The van der Waals surface area contributed by atoms with Crippen LogP contribution in [0.3, 0.4) is 0 Å². The first kappa shape index (κ1) is 48.5. The van der Waals surface area contributed by atoms with Crippen LogP contribution in [0.5, 0.6) is 0 Å². The summed E-state index contributed by atoms with van der Waals surface area (Å²) < 4.78 is 0. The van der Waals surface area contributed by atoms with E-state index in [0.29, 0.717) is 30.5 Å². The van der Waals surface area contributed by atoms with Gasteiger partial charge in [0.05, 0.1) is 39.8 Å². The molecule has 340 valence electrons. The molecular weight excluding hydrogens is 871 g/mol. The topological polar surface area (TPSA) is 275 Å². The van der Waals surface area contributed by atoms with E-state index in [4.69, 9.17) is 28.9 Å². The first-order valence-electron chi connectivity index (χ1n) is 20.8. The number of nitrogens with one attached hydrogen (secondary N) is 6. The van der Waals surface area contributed by atoms with Crippen LogP contribution in [0.2, 0.25) is 10.0 Å². The Morgan fingerprint density at radius 2 is 1.45 bits per heavy atom. The lowest BCUT2D eigenvalue weighted by molar-refractivity contribution is -0.143. The molecule has 0 bridgehead atoms. The lowest BCUT2D eigenvalue weighted by Gasteiger charge is -2.35. The van der Waals surface area contributed by atoms with Gasteiger partial charge >= 0.3 is 12.0 Å². The number of amides is 8. The molecule has 3 aromatic carbocycles. The van der Waals surface area contributed by atoms with Crippen LogP contribution in [0.15, 0.2) is 72.8 Å². The van der Waals surface area contributed by atoms with Gasteiger partial charge in [0, 0.05) is 12.2 Å². The SMILES string of the molecule is CCCC(NC(=O)[C@@H]1C[C@@H](NC(=O)Nc2ccccc2)CN1C(=O)[C@@H](NC(=O)c1cc(Cl)c(Cl)cc1C(=O)O)C1CCCCC1)C(=O)C(=O)NCC(=O)N[C@H](C(N)=O)c1ccccc1.